The smallest absolute Gasteiger partial charge is 0.242 e. The molecule has 26 heavy (non-hydrogen) atoms. The number of anilines is 1. The van der Waals surface area contributed by atoms with E-state index in [1.807, 2.05) is 6.07 Å². The predicted molar refractivity (Wildman–Crippen MR) is 105 cm³/mol. The number of carbonyl (C=O) groups excluding carboxylic acids is 1. The van der Waals surface area contributed by atoms with Crippen LogP contribution in [0.15, 0.2) is 23.1 Å². The number of hydrogen-bond donors (Lipinski definition) is 1. The van der Waals surface area contributed by atoms with Gasteiger partial charge in [0.05, 0.1) is 4.90 Å². The van der Waals surface area contributed by atoms with E-state index in [9.17, 15) is 13.2 Å². The van der Waals surface area contributed by atoms with Gasteiger partial charge in [-0.05, 0) is 62.4 Å². The van der Waals surface area contributed by atoms with Gasteiger partial charge in [-0.3, -0.25) is 4.79 Å². The number of piperidine rings is 1. The standard InChI is InChI=1S/C18H27N3O3S.ClH/c1-20(2)25(23,24)16-5-4-15-9-12-21(17(15)13-16)18(22)6-3-14-7-10-19-11-8-14;/h4-5,13-14,19H,3,6-12H2,1-2H3;1H. The van der Waals surface area contributed by atoms with Gasteiger partial charge in [-0.15, -0.1) is 12.4 Å². The van der Waals surface area contributed by atoms with Gasteiger partial charge < -0.3 is 10.2 Å². The van der Waals surface area contributed by atoms with Crippen LogP contribution in [0.25, 0.3) is 0 Å². The van der Waals surface area contributed by atoms with Gasteiger partial charge in [0.25, 0.3) is 0 Å². The Morgan fingerprint density at radius 3 is 2.62 bits per heavy atom. The molecule has 1 aromatic rings. The Balaban J connectivity index is 0.00000243. The minimum absolute atomic E-state index is 0. The van der Waals surface area contributed by atoms with E-state index < -0.39 is 10.0 Å². The van der Waals surface area contributed by atoms with Crippen molar-refractivity contribution >= 4 is 34.0 Å². The summed E-state index contributed by atoms with van der Waals surface area (Å²) < 4.78 is 25.9. The quantitative estimate of drug-likeness (QED) is 0.819. The van der Waals surface area contributed by atoms with Crippen molar-refractivity contribution in [3.8, 4) is 0 Å². The molecule has 1 saturated heterocycles. The molecule has 1 fully saturated rings. The second-order valence-electron chi connectivity index (χ2n) is 7.11. The Kier molecular flexibility index (Phi) is 7.07. The number of nitrogens with one attached hydrogen (secondary N) is 1. The maximum atomic E-state index is 12.7. The lowest BCUT2D eigenvalue weighted by atomic mass is 9.93. The summed E-state index contributed by atoms with van der Waals surface area (Å²) in [5.41, 5.74) is 1.81. The van der Waals surface area contributed by atoms with Crippen LogP contribution in [0.5, 0.6) is 0 Å². The van der Waals surface area contributed by atoms with Crippen LogP contribution in [-0.2, 0) is 21.2 Å². The molecule has 0 radical (unpaired) electrons. The van der Waals surface area contributed by atoms with Gasteiger partial charge in [-0.2, -0.15) is 0 Å². The fraction of sp³-hybridized carbons (Fsp3) is 0.611. The van der Waals surface area contributed by atoms with Gasteiger partial charge in [0.2, 0.25) is 15.9 Å². The summed E-state index contributed by atoms with van der Waals surface area (Å²) in [7, 11) is -0.452. The predicted octanol–water partition coefficient (Wildman–Crippen LogP) is 2.03. The first-order chi connectivity index (χ1) is 11.9. The molecule has 2 heterocycles. The Morgan fingerprint density at radius 1 is 1.27 bits per heavy atom. The molecule has 0 unspecified atom stereocenters. The van der Waals surface area contributed by atoms with Gasteiger partial charge >= 0.3 is 0 Å². The third-order valence-electron chi connectivity index (χ3n) is 5.26. The highest BCUT2D eigenvalue weighted by atomic mass is 35.5. The van der Waals surface area contributed by atoms with Crippen LogP contribution in [-0.4, -0.2) is 52.4 Å². The van der Waals surface area contributed by atoms with Gasteiger partial charge in [0.15, 0.2) is 0 Å². The summed E-state index contributed by atoms with van der Waals surface area (Å²) in [5, 5.41) is 3.34. The third-order valence-corrected chi connectivity index (χ3v) is 7.07. The average molecular weight is 402 g/mol. The minimum Gasteiger partial charge on any atom is -0.317 e. The highest BCUT2D eigenvalue weighted by Crippen LogP contribution is 2.32. The Hall–Kier alpha value is -1.15. The fourth-order valence-corrected chi connectivity index (χ4v) is 4.54. The van der Waals surface area contributed by atoms with E-state index in [0.29, 0.717) is 18.9 Å². The summed E-state index contributed by atoms with van der Waals surface area (Å²) in [5.74, 6) is 0.726. The van der Waals surface area contributed by atoms with Crippen LogP contribution in [0.1, 0.15) is 31.2 Å². The number of amides is 1. The van der Waals surface area contributed by atoms with Crippen molar-refractivity contribution in [3.63, 3.8) is 0 Å². The lowest BCUT2D eigenvalue weighted by Crippen LogP contribution is -2.31. The van der Waals surface area contributed by atoms with Crippen molar-refractivity contribution in [2.45, 2.75) is 37.0 Å². The number of benzene rings is 1. The molecule has 8 heteroatoms. The molecule has 0 spiro atoms. The second kappa shape index (κ2) is 8.69. The highest BCUT2D eigenvalue weighted by Gasteiger charge is 2.28. The number of rotatable bonds is 5. The molecule has 0 bridgehead atoms. The minimum atomic E-state index is -3.49. The molecule has 6 nitrogen and oxygen atoms in total. The van der Waals surface area contributed by atoms with E-state index in [0.717, 1.165) is 50.0 Å². The number of fused-ring (bicyclic) bond motifs is 1. The monoisotopic (exact) mass is 401 g/mol. The summed E-state index contributed by atoms with van der Waals surface area (Å²) in [6, 6.07) is 5.13. The molecule has 0 aromatic heterocycles. The average Bonchev–Trinajstić information content (AvgIpc) is 3.03. The zero-order chi connectivity index (χ0) is 18.0. The van der Waals surface area contributed by atoms with Crippen molar-refractivity contribution in [2.75, 3.05) is 38.6 Å². The normalized spacial score (nSPS) is 17.9. The number of sulfonamides is 1. The molecular weight excluding hydrogens is 374 g/mol. The molecule has 1 amide bonds. The van der Waals surface area contributed by atoms with Crippen LogP contribution in [0.3, 0.4) is 0 Å². The number of halogens is 1. The molecule has 1 N–H and O–H groups in total. The van der Waals surface area contributed by atoms with Gasteiger partial charge in [-0.25, -0.2) is 12.7 Å². The first-order valence-corrected chi connectivity index (χ1v) is 10.4. The van der Waals surface area contributed by atoms with Gasteiger partial charge in [-0.1, -0.05) is 6.07 Å². The molecule has 2 aliphatic rings. The third kappa shape index (κ3) is 4.39. The summed E-state index contributed by atoms with van der Waals surface area (Å²) in [6.07, 6.45) is 4.51. The molecule has 1 aromatic carbocycles. The maximum Gasteiger partial charge on any atom is 0.242 e. The van der Waals surface area contributed by atoms with Crippen LogP contribution in [0.2, 0.25) is 0 Å². The van der Waals surface area contributed by atoms with Crippen LogP contribution in [0, 0.1) is 5.92 Å². The first kappa shape index (κ1) is 21.2. The largest absolute Gasteiger partial charge is 0.317 e. The summed E-state index contributed by atoms with van der Waals surface area (Å²) in [4.78, 5) is 14.7. The zero-order valence-corrected chi connectivity index (χ0v) is 17.0. The Labute approximate surface area is 162 Å². The summed E-state index contributed by atoms with van der Waals surface area (Å²) in [6.45, 7) is 2.72. The van der Waals surface area contributed by atoms with Crippen LogP contribution in [0.4, 0.5) is 5.69 Å². The lowest BCUT2D eigenvalue weighted by molar-refractivity contribution is -0.118. The Morgan fingerprint density at radius 2 is 1.96 bits per heavy atom. The van der Waals surface area contributed by atoms with Crippen molar-refractivity contribution in [3.05, 3.63) is 23.8 Å². The van der Waals surface area contributed by atoms with Gasteiger partial charge in [0, 0.05) is 32.7 Å². The van der Waals surface area contributed by atoms with E-state index in [2.05, 4.69) is 5.32 Å². The van der Waals surface area contributed by atoms with Crippen LogP contribution < -0.4 is 10.2 Å². The lowest BCUT2D eigenvalue weighted by Gasteiger charge is -2.24. The summed E-state index contributed by atoms with van der Waals surface area (Å²) >= 11 is 0. The molecule has 146 valence electrons. The van der Waals surface area contributed by atoms with Crippen molar-refractivity contribution in [1.29, 1.82) is 0 Å². The van der Waals surface area contributed by atoms with Crippen molar-refractivity contribution in [2.24, 2.45) is 5.92 Å². The number of carbonyl (C=O) groups is 1. The zero-order valence-electron chi connectivity index (χ0n) is 15.4. The number of nitrogens with zero attached hydrogens (tertiary/aromatic N) is 2. The van der Waals surface area contributed by atoms with E-state index in [1.54, 1.807) is 17.0 Å². The molecular formula is C18H28ClN3O3S. The molecule has 2 aliphatic heterocycles. The van der Waals surface area contributed by atoms with Gasteiger partial charge in [0.1, 0.15) is 0 Å². The maximum absolute atomic E-state index is 12.7. The molecule has 0 saturated carbocycles. The Bertz CT molecular complexity index is 746. The van der Waals surface area contributed by atoms with E-state index in [-0.39, 0.29) is 23.2 Å². The number of hydrogen-bond acceptors (Lipinski definition) is 4. The van der Waals surface area contributed by atoms with Crippen molar-refractivity contribution in [1.82, 2.24) is 9.62 Å². The van der Waals surface area contributed by atoms with E-state index in [4.69, 9.17) is 0 Å². The van der Waals surface area contributed by atoms with E-state index in [1.165, 1.54) is 18.4 Å². The molecule has 0 atom stereocenters. The second-order valence-corrected chi connectivity index (χ2v) is 9.26. The van der Waals surface area contributed by atoms with E-state index >= 15 is 0 Å². The SMILES string of the molecule is CN(C)S(=O)(=O)c1ccc2c(c1)N(C(=O)CCC1CCNCC1)CC2.Cl. The first-order valence-electron chi connectivity index (χ1n) is 8.96. The molecule has 0 aliphatic carbocycles. The van der Waals surface area contributed by atoms with Crippen molar-refractivity contribution < 1.29 is 13.2 Å². The highest BCUT2D eigenvalue weighted by molar-refractivity contribution is 7.89. The van der Waals surface area contributed by atoms with Crippen LogP contribution >= 0.6 is 12.4 Å². The molecule has 3 rings (SSSR count). The topological polar surface area (TPSA) is 69.7 Å². The fourth-order valence-electron chi connectivity index (χ4n) is 3.62.